The molecule has 5 heteroatoms. The molecule has 1 aromatic carbocycles. The summed E-state index contributed by atoms with van der Waals surface area (Å²) in [6.07, 6.45) is 0. The zero-order chi connectivity index (χ0) is 8.55. The summed E-state index contributed by atoms with van der Waals surface area (Å²) in [5.41, 5.74) is 2.16. The molecule has 0 aromatic heterocycles. The highest BCUT2D eigenvalue weighted by molar-refractivity contribution is 8.00. The second kappa shape index (κ2) is 2.67. The zero-order valence-corrected chi connectivity index (χ0v) is 6.93. The summed E-state index contributed by atoms with van der Waals surface area (Å²) in [5, 5.41) is 10.4. The van der Waals surface area contributed by atoms with E-state index in [0.717, 1.165) is 17.0 Å². The number of hydrogen-bond donors (Lipinski definition) is 1. The van der Waals surface area contributed by atoms with Gasteiger partial charge in [-0.2, -0.15) is 0 Å². The van der Waals surface area contributed by atoms with Crippen molar-refractivity contribution >= 4 is 23.3 Å². The molecular weight excluding hydrogens is 176 g/mol. The summed E-state index contributed by atoms with van der Waals surface area (Å²) < 4.78 is 3.06. The molecule has 0 unspecified atom stereocenters. The first-order valence-corrected chi connectivity index (χ1v) is 4.41. The molecule has 0 aliphatic carbocycles. The van der Waals surface area contributed by atoms with Gasteiger partial charge in [-0.3, -0.25) is 10.1 Å². The van der Waals surface area contributed by atoms with Crippen molar-refractivity contribution in [1.82, 2.24) is 0 Å². The topological polar surface area (TPSA) is 55.2 Å². The van der Waals surface area contributed by atoms with Gasteiger partial charge in [-0.05, 0) is 23.6 Å². The number of non-ortho nitro benzene ring substituents is 1. The van der Waals surface area contributed by atoms with Crippen LogP contribution in [0, 0.1) is 10.1 Å². The third-order valence-electron chi connectivity index (χ3n) is 1.71. The van der Waals surface area contributed by atoms with Crippen molar-refractivity contribution in [3.8, 4) is 0 Å². The molecule has 0 amide bonds. The van der Waals surface area contributed by atoms with Gasteiger partial charge in [0.15, 0.2) is 0 Å². The number of benzene rings is 1. The van der Waals surface area contributed by atoms with E-state index in [1.807, 2.05) is 0 Å². The van der Waals surface area contributed by atoms with Crippen LogP contribution in [0.15, 0.2) is 18.2 Å². The summed E-state index contributed by atoms with van der Waals surface area (Å²) >= 11 is 1.55. The highest BCUT2D eigenvalue weighted by Crippen LogP contribution is 2.32. The van der Waals surface area contributed by atoms with Gasteiger partial charge in [0, 0.05) is 23.6 Å². The van der Waals surface area contributed by atoms with Crippen molar-refractivity contribution in [2.45, 2.75) is 5.75 Å². The van der Waals surface area contributed by atoms with Crippen molar-refractivity contribution < 1.29 is 4.92 Å². The third kappa shape index (κ3) is 1.12. The molecule has 0 bridgehead atoms. The van der Waals surface area contributed by atoms with E-state index in [1.165, 1.54) is 6.07 Å². The normalized spacial score (nSPS) is 13.7. The minimum Gasteiger partial charge on any atom is -0.329 e. The summed E-state index contributed by atoms with van der Waals surface area (Å²) in [5.74, 6) is 0.803. The Labute approximate surface area is 73.3 Å². The minimum atomic E-state index is -0.372. The van der Waals surface area contributed by atoms with E-state index in [9.17, 15) is 10.1 Å². The standard InChI is InChI=1S/C7H6N2O2S/c10-9(11)6-1-2-7-5(3-6)4-12-8-7/h1-3,8H,4H2. The second-order valence-corrected chi connectivity index (χ2v) is 3.27. The predicted molar refractivity (Wildman–Crippen MR) is 48.0 cm³/mol. The molecule has 0 radical (unpaired) electrons. The first kappa shape index (κ1) is 7.42. The maximum atomic E-state index is 10.4. The summed E-state index contributed by atoms with van der Waals surface area (Å²) in [6.45, 7) is 0. The van der Waals surface area contributed by atoms with Crippen molar-refractivity contribution in [1.29, 1.82) is 0 Å². The van der Waals surface area contributed by atoms with Gasteiger partial charge in [0.05, 0.1) is 4.92 Å². The number of rotatable bonds is 1. The maximum absolute atomic E-state index is 10.4. The van der Waals surface area contributed by atoms with Crippen molar-refractivity contribution in [3.05, 3.63) is 33.9 Å². The number of hydrogen-bond acceptors (Lipinski definition) is 4. The summed E-state index contributed by atoms with van der Waals surface area (Å²) in [4.78, 5) is 10.0. The van der Waals surface area contributed by atoms with E-state index in [2.05, 4.69) is 4.72 Å². The average molecular weight is 182 g/mol. The molecule has 2 rings (SSSR count). The molecule has 1 aromatic rings. The lowest BCUT2D eigenvalue weighted by Gasteiger charge is -1.96. The van der Waals surface area contributed by atoms with E-state index in [1.54, 1.807) is 24.1 Å². The second-order valence-electron chi connectivity index (χ2n) is 2.49. The average Bonchev–Trinajstić information content (AvgIpc) is 2.49. The number of nitro groups is 1. The van der Waals surface area contributed by atoms with Crippen molar-refractivity contribution in [3.63, 3.8) is 0 Å². The van der Waals surface area contributed by atoms with Crippen LogP contribution in [-0.4, -0.2) is 4.92 Å². The lowest BCUT2D eigenvalue weighted by atomic mass is 10.2. The third-order valence-corrected chi connectivity index (χ3v) is 2.53. The van der Waals surface area contributed by atoms with Crippen molar-refractivity contribution in [2.24, 2.45) is 0 Å². The van der Waals surface area contributed by atoms with E-state index in [-0.39, 0.29) is 10.6 Å². The van der Waals surface area contributed by atoms with Gasteiger partial charge in [0.2, 0.25) is 0 Å². The molecule has 12 heavy (non-hydrogen) atoms. The molecule has 0 atom stereocenters. The Kier molecular flexibility index (Phi) is 1.65. The first-order chi connectivity index (χ1) is 5.77. The van der Waals surface area contributed by atoms with Crippen LogP contribution in [0.3, 0.4) is 0 Å². The molecule has 4 nitrogen and oxygen atoms in total. The molecule has 1 heterocycles. The molecule has 0 spiro atoms. The van der Waals surface area contributed by atoms with Gasteiger partial charge in [-0.15, -0.1) is 0 Å². The van der Waals surface area contributed by atoms with E-state index in [0.29, 0.717) is 0 Å². The molecular formula is C7H6N2O2S. The molecule has 1 aliphatic heterocycles. The highest BCUT2D eigenvalue weighted by Gasteiger charge is 2.14. The van der Waals surface area contributed by atoms with Crippen LogP contribution in [0.4, 0.5) is 11.4 Å². The minimum absolute atomic E-state index is 0.165. The Hall–Kier alpha value is -1.23. The number of nitrogens with zero attached hydrogens (tertiary/aromatic N) is 1. The number of nitrogens with one attached hydrogen (secondary N) is 1. The molecule has 62 valence electrons. The molecule has 0 fully saturated rings. The van der Waals surface area contributed by atoms with Gasteiger partial charge >= 0.3 is 0 Å². The smallest absolute Gasteiger partial charge is 0.269 e. The van der Waals surface area contributed by atoms with E-state index < -0.39 is 0 Å². The Balaban J connectivity index is 2.45. The lowest BCUT2D eigenvalue weighted by Crippen LogP contribution is -1.88. The molecule has 0 saturated carbocycles. The Bertz CT molecular complexity index is 340. The monoisotopic (exact) mass is 182 g/mol. The van der Waals surface area contributed by atoms with Crippen LogP contribution < -0.4 is 4.72 Å². The van der Waals surface area contributed by atoms with Crippen LogP contribution in [0.1, 0.15) is 5.56 Å². The zero-order valence-electron chi connectivity index (χ0n) is 6.11. The molecule has 1 N–H and O–H groups in total. The Morgan fingerprint density at radius 2 is 2.42 bits per heavy atom. The SMILES string of the molecule is O=[N+]([O-])c1ccc2c(c1)CSN2. The largest absolute Gasteiger partial charge is 0.329 e. The fourth-order valence-electron chi connectivity index (χ4n) is 1.10. The maximum Gasteiger partial charge on any atom is 0.269 e. The van der Waals surface area contributed by atoms with E-state index in [4.69, 9.17) is 0 Å². The lowest BCUT2D eigenvalue weighted by molar-refractivity contribution is -0.384. The fraction of sp³-hybridized carbons (Fsp3) is 0.143. The predicted octanol–water partition coefficient (Wildman–Crippen LogP) is 2.17. The first-order valence-electron chi connectivity index (χ1n) is 3.42. The summed E-state index contributed by atoms with van der Waals surface area (Å²) in [7, 11) is 0. The van der Waals surface area contributed by atoms with Gasteiger partial charge < -0.3 is 4.72 Å². The fourth-order valence-corrected chi connectivity index (χ4v) is 1.93. The highest BCUT2D eigenvalue weighted by atomic mass is 32.2. The van der Waals surface area contributed by atoms with E-state index >= 15 is 0 Å². The van der Waals surface area contributed by atoms with Gasteiger partial charge in [0.25, 0.3) is 5.69 Å². The van der Waals surface area contributed by atoms with Crippen LogP contribution in [0.2, 0.25) is 0 Å². The number of nitro benzene ring substituents is 1. The van der Waals surface area contributed by atoms with Crippen LogP contribution in [0.5, 0.6) is 0 Å². The van der Waals surface area contributed by atoms with Gasteiger partial charge in [-0.1, -0.05) is 0 Å². The Morgan fingerprint density at radius 3 is 3.17 bits per heavy atom. The van der Waals surface area contributed by atoms with Gasteiger partial charge in [0.1, 0.15) is 0 Å². The van der Waals surface area contributed by atoms with Crippen LogP contribution >= 0.6 is 11.9 Å². The quantitative estimate of drug-likeness (QED) is 0.411. The van der Waals surface area contributed by atoms with Crippen LogP contribution in [0.25, 0.3) is 0 Å². The Morgan fingerprint density at radius 1 is 1.58 bits per heavy atom. The van der Waals surface area contributed by atoms with Crippen LogP contribution in [-0.2, 0) is 5.75 Å². The van der Waals surface area contributed by atoms with Crippen molar-refractivity contribution in [2.75, 3.05) is 4.72 Å². The number of fused-ring (bicyclic) bond motifs is 1. The molecule has 0 saturated heterocycles. The summed E-state index contributed by atoms with van der Waals surface area (Å²) in [6, 6.07) is 4.87. The van der Waals surface area contributed by atoms with Gasteiger partial charge in [-0.25, -0.2) is 0 Å². The molecule has 1 aliphatic rings. The number of anilines is 1.